The lowest BCUT2D eigenvalue weighted by Crippen LogP contribution is -2.47. The molecule has 0 fully saturated rings. The average molecular weight is 500 g/mol. The monoisotopic (exact) mass is 499 g/mol. The second kappa shape index (κ2) is 12.7. The normalized spacial score (nSPS) is 24.2. The second-order valence-electron chi connectivity index (χ2n) is 9.65. The van der Waals surface area contributed by atoms with E-state index >= 15 is 0 Å². The number of hydrogen-bond donors (Lipinski definition) is 2. The number of nitrogens with zero attached hydrogens (tertiary/aromatic N) is 2. The van der Waals surface area contributed by atoms with Crippen molar-refractivity contribution in [2.75, 3.05) is 51.4 Å². The van der Waals surface area contributed by atoms with Crippen molar-refractivity contribution in [1.29, 1.82) is 0 Å². The van der Waals surface area contributed by atoms with Gasteiger partial charge in [0, 0.05) is 31.3 Å². The van der Waals surface area contributed by atoms with Gasteiger partial charge in [-0.25, -0.2) is 8.42 Å². The number of hydrogen-bond acceptors (Lipinski definition) is 7. The maximum absolute atomic E-state index is 13.8. The van der Waals surface area contributed by atoms with Crippen LogP contribution in [0.1, 0.15) is 50.4 Å². The molecule has 0 saturated carbocycles. The SMILES string of the molecule is C[C@@H]1CCCCO[C@@H](CN(C)C)[C@H](C)CN([C@H](C)CO)C(=O)c2cc(NS(C)(=O)=O)ccc2O1. The molecule has 2 rings (SSSR count). The van der Waals surface area contributed by atoms with Gasteiger partial charge in [0.15, 0.2) is 0 Å². The summed E-state index contributed by atoms with van der Waals surface area (Å²) in [6.07, 6.45) is 3.48. The quantitative estimate of drug-likeness (QED) is 0.619. The molecule has 0 bridgehead atoms. The van der Waals surface area contributed by atoms with Crippen LogP contribution in [0.2, 0.25) is 0 Å². The number of anilines is 1. The molecule has 10 heteroatoms. The summed E-state index contributed by atoms with van der Waals surface area (Å²) in [5, 5.41) is 9.91. The molecule has 1 aliphatic heterocycles. The highest BCUT2D eigenvalue weighted by molar-refractivity contribution is 7.92. The minimum atomic E-state index is -3.52. The van der Waals surface area contributed by atoms with Gasteiger partial charge in [0.1, 0.15) is 5.75 Å². The third-order valence-electron chi connectivity index (χ3n) is 5.90. The molecule has 0 aliphatic carbocycles. The molecular weight excluding hydrogens is 458 g/mol. The average Bonchev–Trinajstić information content (AvgIpc) is 2.74. The third-order valence-corrected chi connectivity index (χ3v) is 6.51. The van der Waals surface area contributed by atoms with Gasteiger partial charge in [0.2, 0.25) is 10.0 Å². The molecule has 1 aromatic rings. The number of rotatable bonds is 6. The van der Waals surface area contributed by atoms with E-state index in [1.54, 1.807) is 24.0 Å². The first-order valence-electron chi connectivity index (χ1n) is 11.9. The highest BCUT2D eigenvalue weighted by Gasteiger charge is 2.30. The van der Waals surface area contributed by atoms with E-state index in [1.165, 1.54) is 6.07 Å². The molecule has 194 valence electrons. The van der Waals surface area contributed by atoms with Crippen molar-refractivity contribution in [3.8, 4) is 5.75 Å². The van der Waals surface area contributed by atoms with Gasteiger partial charge in [0.25, 0.3) is 5.91 Å². The number of aliphatic hydroxyl groups is 1. The van der Waals surface area contributed by atoms with E-state index in [2.05, 4.69) is 9.62 Å². The number of aliphatic hydroxyl groups excluding tert-OH is 1. The third kappa shape index (κ3) is 8.72. The summed E-state index contributed by atoms with van der Waals surface area (Å²) in [5.74, 6) is 0.0785. The van der Waals surface area contributed by atoms with Crippen LogP contribution < -0.4 is 9.46 Å². The predicted molar refractivity (Wildman–Crippen MR) is 134 cm³/mol. The van der Waals surface area contributed by atoms with Crippen LogP contribution in [0.15, 0.2) is 18.2 Å². The lowest BCUT2D eigenvalue weighted by Gasteiger charge is -2.35. The zero-order valence-corrected chi connectivity index (χ0v) is 22.1. The van der Waals surface area contributed by atoms with Crippen LogP contribution in [-0.4, -0.2) is 94.1 Å². The number of sulfonamides is 1. The van der Waals surface area contributed by atoms with Gasteiger partial charge >= 0.3 is 0 Å². The summed E-state index contributed by atoms with van der Waals surface area (Å²) in [6, 6.07) is 4.28. The first-order chi connectivity index (χ1) is 15.9. The first-order valence-corrected chi connectivity index (χ1v) is 13.8. The number of carbonyl (C=O) groups is 1. The van der Waals surface area contributed by atoms with Gasteiger partial charge in [-0.05, 0) is 65.4 Å². The maximum atomic E-state index is 13.8. The summed E-state index contributed by atoms with van der Waals surface area (Å²) in [5.41, 5.74) is 0.542. The fourth-order valence-electron chi connectivity index (χ4n) is 4.02. The van der Waals surface area contributed by atoms with Gasteiger partial charge in [-0.15, -0.1) is 0 Å². The van der Waals surface area contributed by atoms with E-state index in [1.807, 2.05) is 27.9 Å². The van der Waals surface area contributed by atoms with Crippen LogP contribution in [0.25, 0.3) is 0 Å². The van der Waals surface area contributed by atoms with Gasteiger partial charge in [-0.1, -0.05) is 6.92 Å². The van der Waals surface area contributed by atoms with Crippen molar-refractivity contribution in [1.82, 2.24) is 9.80 Å². The molecule has 2 N–H and O–H groups in total. The zero-order valence-electron chi connectivity index (χ0n) is 21.3. The largest absolute Gasteiger partial charge is 0.490 e. The Bertz CT molecular complexity index is 908. The van der Waals surface area contributed by atoms with Crippen molar-refractivity contribution < 1.29 is 27.8 Å². The Morgan fingerprint density at radius 3 is 2.59 bits per heavy atom. The first kappa shape index (κ1) is 28.4. The number of amides is 1. The summed E-state index contributed by atoms with van der Waals surface area (Å²) in [6.45, 7) is 7.31. The smallest absolute Gasteiger partial charge is 0.258 e. The van der Waals surface area contributed by atoms with Gasteiger partial charge in [0.05, 0.1) is 36.7 Å². The molecule has 0 saturated heterocycles. The number of likely N-dealkylation sites (N-methyl/N-ethyl adjacent to an activating group) is 1. The molecule has 9 nitrogen and oxygen atoms in total. The fraction of sp³-hybridized carbons (Fsp3) is 0.708. The van der Waals surface area contributed by atoms with Crippen LogP contribution in [0, 0.1) is 5.92 Å². The summed E-state index contributed by atoms with van der Waals surface area (Å²) >= 11 is 0. The number of nitrogens with one attached hydrogen (secondary N) is 1. The van der Waals surface area contributed by atoms with Crippen LogP contribution in [0.4, 0.5) is 5.69 Å². The molecule has 0 unspecified atom stereocenters. The Morgan fingerprint density at radius 1 is 1.26 bits per heavy atom. The molecule has 0 radical (unpaired) electrons. The van der Waals surface area contributed by atoms with Crippen LogP contribution in [-0.2, 0) is 14.8 Å². The summed E-state index contributed by atoms with van der Waals surface area (Å²) in [7, 11) is 0.465. The minimum absolute atomic E-state index is 0.00362. The standard InChI is InChI=1S/C24H41N3O6S/c1-17-14-27(18(2)16-28)24(29)21-13-20(25-34(6,30)31)10-11-22(21)33-19(3)9-7-8-12-32-23(17)15-26(4)5/h10-11,13,17-19,23,25,28H,7-9,12,14-16H2,1-6H3/t17-,18-,19-,23+/m1/s1. The Labute approximate surface area is 204 Å². The Balaban J connectivity index is 2.51. The molecular formula is C24H41N3O6S. The Kier molecular flexibility index (Phi) is 10.6. The van der Waals surface area contributed by atoms with E-state index in [0.717, 1.165) is 32.1 Å². The van der Waals surface area contributed by atoms with Crippen molar-refractivity contribution in [3.63, 3.8) is 0 Å². The number of carbonyl (C=O) groups excluding carboxylic acids is 1. The molecule has 1 aromatic carbocycles. The molecule has 1 heterocycles. The Morgan fingerprint density at radius 2 is 1.97 bits per heavy atom. The topological polar surface area (TPSA) is 108 Å². The zero-order chi connectivity index (χ0) is 25.5. The van der Waals surface area contributed by atoms with Gasteiger partial charge in [-0.2, -0.15) is 0 Å². The highest BCUT2D eigenvalue weighted by atomic mass is 32.2. The van der Waals surface area contributed by atoms with E-state index in [9.17, 15) is 18.3 Å². The lowest BCUT2D eigenvalue weighted by molar-refractivity contribution is -0.0137. The molecule has 0 spiro atoms. The predicted octanol–water partition coefficient (Wildman–Crippen LogP) is 2.42. The van der Waals surface area contributed by atoms with Crippen molar-refractivity contribution in [2.24, 2.45) is 5.92 Å². The van der Waals surface area contributed by atoms with Crippen molar-refractivity contribution in [3.05, 3.63) is 23.8 Å². The van der Waals surface area contributed by atoms with Crippen LogP contribution in [0.5, 0.6) is 5.75 Å². The van der Waals surface area contributed by atoms with Crippen LogP contribution in [0.3, 0.4) is 0 Å². The van der Waals surface area contributed by atoms with E-state index in [0.29, 0.717) is 18.9 Å². The van der Waals surface area contributed by atoms with Crippen LogP contribution >= 0.6 is 0 Å². The lowest BCUT2D eigenvalue weighted by atomic mass is 10.0. The van der Waals surface area contributed by atoms with E-state index in [-0.39, 0.29) is 41.9 Å². The number of ether oxygens (including phenoxy) is 2. The second-order valence-corrected chi connectivity index (χ2v) is 11.4. The molecule has 1 amide bonds. The highest BCUT2D eigenvalue weighted by Crippen LogP contribution is 2.28. The number of benzene rings is 1. The molecule has 0 aromatic heterocycles. The van der Waals surface area contributed by atoms with Crippen molar-refractivity contribution >= 4 is 21.6 Å². The van der Waals surface area contributed by atoms with E-state index < -0.39 is 16.1 Å². The summed E-state index contributed by atoms with van der Waals surface area (Å²) in [4.78, 5) is 17.5. The fourth-order valence-corrected chi connectivity index (χ4v) is 4.58. The van der Waals surface area contributed by atoms with Gasteiger partial charge < -0.3 is 24.4 Å². The molecule has 34 heavy (non-hydrogen) atoms. The molecule has 4 atom stereocenters. The molecule has 1 aliphatic rings. The number of fused-ring (bicyclic) bond motifs is 1. The summed E-state index contributed by atoms with van der Waals surface area (Å²) < 4.78 is 38.3. The maximum Gasteiger partial charge on any atom is 0.258 e. The minimum Gasteiger partial charge on any atom is -0.490 e. The van der Waals surface area contributed by atoms with E-state index in [4.69, 9.17) is 9.47 Å². The van der Waals surface area contributed by atoms with Crippen molar-refractivity contribution in [2.45, 2.75) is 58.3 Å². The van der Waals surface area contributed by atoms with Gasteiger partial charge in [-0.3, -0.25) is 9.52 Å². The Hall–Kier alpha value is -1.88.